The predicted molar refractivity (Wildman–Crippen MR) is 74.2 cm³/mol. The summed E-state index contributed by atoms with van der Waals surface area (Å²) in [4.78, 5) is 0. The molecule has 2 nitrogen and oxygen atoms in total. The van der Waals surface area contributed by atoms with Gasteiger partial charge in [0.15, 0.2) is 0 Å². The maximum absolute atomic E-state index is 10.0. The molecule has 0 heterocycles. The van der Waals surface area contributed by atoms with Gasteiger partial charge in [-0.1, -0.05) is 31.5 Å². The molecule has 1 aliphatic carbocycles. The van der Waals surface area contributed by atoms with Crippen LogP contribution in [0.2, 0.25) is 5.02 Å². The third-order valence-corrected chi connectivity index (χ3v) is 4.71. The van der Waals surface area contributed by atoms with Gasteiger partial charge in [-0.05, 0) is 37.5 Å². The summed E-state index contributed by atoms with van der Waals surface area (Å²) in [6.45, 7) is 6.25. The van der Waals surface area contributed by atoms with E-state index < -0.39 is 0 Å². The number of hydrogen-bond donors (Lipinski definition) is 1. The molecule has 2 unspecified atom stereocenters. The van der Waals surface area contributed by atoms with Crippen molar-refractivity contribution in [2.24, 2.45) is 5.41 Å². The molecule has 0 bridgehead atoms. The van der Waals surface area contributed by atoms with Gasteiger partial charge in [0.25, 0.3) is 0 Å². The van der Waals surface area contributed by atoms with E-state index in [1.54, 1.807) is 0 Å². The highest BCUT2D eigenvalue weighted by molar-refractivity contribution is 6.30. The van der Waals surface area contributed by atoms with E-state index in [-0.39, 0.29) is 17.6 Å². The van der Waals surface area contributed by atoms with Crippen molar-refractivity contribution in [2.45, 2.75) is 52.2 Å². The summed E-state index contributed by atoms with van der Waals surface area (Å²) >= 11 is 6.00. The summed E-state index contributed by atoms with van der Waals surface area (Å²) in [6.07, 6.45) is 2.45. The van der Waals surface area contributed by atoms with Crippen molar-refractivity contribution in [1.82, 2.24) is 0 Å². The molecule has 0 aromatic heterocycles. The van der Waals surface area contributed by atoms with Crippen LogP contribution in [0.15, 0.2) is 18.2 Å². The van der Waals surface area contributed by atoms with Gasteiger partial charge in [0.05, 0.1) is 6.10 Å². The van der Waals surface area contributed by atoms with Crippen molar-refractivity contribution in [2.75, 3.05) is 0 Å². The lowest BCUT2D eigenvalue weighted by Crippen LogP contribution is -2.59. The van der Waals surface area contributed by atoms with E-state index in [1.807, 2.05) is 25.1 Å². The number of ether oxygens (including phenoxy) is 1. The Morgan fingerprint density at radius 2 is 2.06 bits per heavy atom. The zero-order valence-corrected chi connectivity index (χ0v) is 12.0. The third-order valence-electron chi connectivity index (χ3n) is 4.48. The molecule has 1 saturated carbocycles. The van der Waals surface area contributed by atoms with Gasteiger partial charge in [0.1, 0.15) is 11.9 Å². The molecule has 0 aliphatic heterocycles. The summed E-state index contributed by atoms with van der Waals surface area (Å²) in [5, 5.41) is 10.7. The van der Waals surface area contributed by atoms with E-state index in [9.17, 15) is 5.11 Å². The molecular formula is C15H21ClO2. The first-order valence-corrected chi connectivity index (χ1v) is 7.02. The van der Waals surface area contributed by atoms with E-state index in [0.717, 1.165) is 24.2 Å². The summed E-state index contributed by atoms with van der Waals surface area (Å²) in [7, 11) is 0. The van der Waals surface area contributed by atoms with Crippen LogP contribution in [-0.2, 0) is 0 Å². The molecule has 2 rings (SSSR count). The van der Waals surface area contributed by atoms with Gasteiger partial charge < -0.3 is 9.84 Å². The summed E-state index contributed by atoms with van der Waals surface area (Å²) < 4.78 is 6.09. The average Bonchev–Trinajstić information content (AvgIpc) is 2.35. The van der Waals surface area contributed by atoms with Gasteiger partial charge in [-0.15, -0.1) is 0 Å². The summed E-state index contributed by atoms with van der Waals surface area (Å²) in [6, 6.07) is 5.69. The quantitative estimate of drug-likeness (QED) is 0.895. The molecular weight excluding hydrogens is 248 g/mol. The van der Waals surface area contributed by atoms with E-state index in [4.69, 9.17) is 16.3 Å². The monoisotopic (exact) mass is 268 g/mol. The molecule has 100 valence electrons. The number of aliphatic hydroxyl groups excluding tert-OH is 1. The molecule has 1 aromatic rings. The number of halogens is 1. The lowest BCUT2D eigenvalue weighted by atomic mass is 9.60. The number of hydrogen-bond acceptors (Lipinski definition) is 2. The largest absolute Gasteiger partial charge is 0.489 e. The Bertz CT molecular complexity index is 427. The van der Waals surface area contributed by atoms with Crippen molar-refractivity contribution in [3.63, 3.8) is 0 Å². The Labute approximate surface area is 114 Å². The van der Waals surface area contributed by atoms with Crippen LogP contribution in [-0.4, -0.2) is 17.3 Å². The van der Waals surface area contributed by atoms with E-state index in [1.165, 1.54) is 0 Å². The molecule has 0 saturated heterocycles. The highest BCUT2D eigenvalue weighted by Gasteiger charge is 2.53. The zero-order chi connectivity index (χ0) is 13.3. The number of aliphatic hydroxyl groups is 1. The van der Waals surface area contributed by atoms with Crippen LogP contribution in [0.5, 0.6) is 5.75 Å². The minimum Gasteiger partial charge on any atom is -0.489 e. The highest BCUT2D eigenvalue weighted by Crippen LogP contribution is 2.49. The number of rotatable bonds is 4. The Hall–Kier alpha value is -0.730. The second-order valence-corrected chi connectivity index (χ2v) is 5.64. The standard InChI is InChI=1S/C15H21ClO2/c1-4-15(5-2)13(17)9-14(15)18-12-8-11(16)7-6-10(12)3/h6-8,13-14,17H,4-5,9H2,1-3H3. The Morgan fingerprint density at radius 1 is 1.39 bits per heavy atom. The van der Waals surface area contributed by atoms with Crippen LogP contribution < -0.4 is 4.74 Å². The average molecular weight is 269 g/mol. The minimum atomic E-state index is -0.239. The van der Waals surface area contributed by atoms with Gasteiger partial charge in [-0.2, -0.15) is 0 Å². The fourth-order valence-corrected chi connectivity index (χ4v) is 3.08. The van der Waals surface area contributed by atoms with Crippen LogP contribution in [0.4, 0.5) is 0 Å². The van der Waals surface area contributed by atoms with Crippen LogP contribution >= 0.6 is 11.6 Å². The maximum Gasteiger partial charge on any atom is 0.124 e. The van der Waals surface area contributed by atoms with Crippen LogP contribution in [0.25, 0.3) is 0 Å². The maximum atomic E-state index is 10.0. The minimum absolute atomic E-state index is 0.0885. The fourth-order valence-electron chi connectivity index (χ4n) is 2.92. The molecule has 18 heavy (non-hydrogen) atoms. The summed E-state index contributed by atoms with van der Waals surface area (Å²) in [5.74, 6) is 0.839. The lowest BCUT2D eigenvalue weighted by Gasteiger charge is -2.52. The second kappa shape index (κ2) is 5.10. The topological polar surface area (TPSA) is 29.5 Å². The van der Waals surface area contributed by atoms with Gasteiger partial charge in [0, 0.05) is 16.9 Å². The van der Waals surface area contributed by atoms with Crippen LogP contribution in [0.3, 0.4) is 0 Å². The number of benzene rings is 1. The Kier molecular flexibility index (Phi) is 3.88. The third kappa shape index (κ3) is 2.12. The SMILES string of the molecule is CCC1(CC)C(O)CC1Oc1cc(Cl)ccc1C. The molecule has 0 amide bonds. The molecule has 1 fully saturated rings. The normalized spacial score (nSPS) is 25.6. The highest BCUT2D eigenvalue weighted by atomic mass is 35.5. The molecule has 0 spiro atoms. The zero-order valence-electron chi connectivity index (χ0n) is 11.2. The van der Waals surface area contributed by atoms with E-state index in [0.29, 0.717) is 11.4 Å². The van der Waals surface area contributed by atoms with Gasteiger partial charge >= 0.3 is 0 Å². The Balaban J connectivity index is 2.17. The molecule has 1 aliphatic rings. The second-order valence-electron chi connectivity index (χ2n) is 5.21. The van der Waals surface area contributed by atoms with Gasteiger partial charge in [-0.3, -0.25) is 0 Å². The van der Waals surface area contributed by atoms with E-state index in [2.05, 4.69) is 13.8 Å². The molecule has 0 radical (unpaired) electrons. The van der Waals surface area contributed by atoms with Gasteiger partial charge in [-0.25, -0.2) is 0 Å². The fraction of sp³-hybridized carbons (Fsp3) is 0.600. The molecule has 2 atom stereocenters. The van der Waals surface area contributed by atoms with Crippen molar-refractivity contribution >= 4 is 11.6 Å². The smallest absolute Gasteiger partial charge is 0.124 e. The lowest BCUT2D eigenvalue weighted by molar-refractivity contribution is -0.159. The van der Waals surface area contributed by atoms with Crippen molar-refractivity contribution in [3.05, 3.63) is 28.8 Å². The van der Waals surface area contributed by atoms with Crippen molar-refractivity contribution in [3.8, 4) is 5.75 Å². The first-order valence-electron chi connectivity index (χ1n) is 6.64. The molecule has 1 aromatic carbocycles. The van der Waals surface area contributed by atoms with Gasteiger partial charge in [0.2, 0.25) is 0 Å². The van der Waals surface area contributed by atoms with Crippen molar-refractivity contribution < 1.29 is 9.84 Å². The predicted octanol–water partition coefficient (Wildman–Crippen LogP) is 3.97. The van der Waals surface area contributed by atoms with E-state index >= 15 is 0 Å². The first-order chi connectivity index (χ1) is 8.53. The van der Waals surface area contributed by atoms with Crippen LogP contribution in [0, 0.1) is 12.3 Å². The first kappa shape index (κ1) is 13.7. The molecule has 3 heteroatoms. The number of aryl methyl sites for hydroxylation is 1. The molecule has 1 N–H and O–H groups in total. The summed E-state index contributed by atoms with van der Waals surface area (Å²) in [5.41, 5.74) is 0.997. The Morgan fingerprint density at radius 3 is 2.61 bits per heavy atom. The van der Waals surface area contributed by atoms with Crippen molar-refractivity contribution in [1.29, 1.82) is 0 Å². The van der Waals surface area contributed by atoms with Crippen LogP contribution in [0.1, 0.15) is 38.7 Å².